The average Bonchev–Trinajstić information content (AvgIpc) is 3.70. The Morgan fingerprint density at radius 3 is 2.44 bits per heavy atom. The lowest BCUT2D eigenvalue weighted by molar-refractivity contribution is -0.137. The van der Waals surface area contributed by atoms with E-state index in [4.69, 9.17) is 9.98 Å². The topological polar surface area (TPSA) is 181 Å². The van der Waals surface area contributed by atoms with Crippen molar-refractivity contribution in [2.24, 2.45) is 21.1 Å². The third-order valence-electron chi connectivity index (χ3n) is 13.5. The number of nitrogens with two attached hydrogens (primary N) is 1. The van der Waals surface area contributed by atoms with Crippen LogP contribution in [0.4, 0.5) is 22.9 Å². The van der Waals surface area contributed by atoms with E-state index in [0.717, 1.165) is 106 Å². The van der Waals surface area contributed by atoms with Gasteiger partial charge in [0.2, 0.25) is 11.8 Å². The van der Waals surface area contributed by atoms with Crippen LogP contribution in [0.1, 0.15) is 78.5 Å². The van der Waals surface area contributed by atoms with Gasteiger partial charge in [0.05, 0.1) is 6.04 Å². The molecule has 4 fully saturated rings. The maximum Gasteiger partial charge on any atom is 0.256 e. The standard InChI is InChI=1S/C48H58N10O4.CH5N/c1-5-20-50-46(61)38(27-49-3)45(53-42-18-12-33-11-10-32(6-2)44(33)52-42)51-35-13-15-36(16-14-35)56-21-23-57(24-22-56)37-25-48(26-37)30-58(31-48)40-9-7-8-34(29-59)39(40)28-55(4)41-17-19-43(60)54-47(41)62;1-2/h5,7-9,12-16,18,27,29,32,37,41H,1,3,6,10-11,17,19-26,28,30-31H2,2,4H3,(H,50,61)(H,51,52,53)(H,54,60,62);2H2,1H3/b38-27+;. The van der Waals surface area contributed by atoms with Crippen molar-refractivity contribution in [1.82, 2.24) is 25.4 Å². The number of anilines is 3. The van der Waals surface area contributed by atoms with E-state index in [-0.39, 0.29) is 28.7 Å². The number of fused-ring (bicyclic) bond motifs is 1. The highest BCUT2D eigenvalue weighted by molar-refractivity contribution is 6.25. The smallest absolute Gasteiger partial charge is 0.256 e. The number of aryl methyl sites for hydroxylation is 1. The number of amidine groups is 1. The second kappa shape index (κ2) is 20.6. The summed E-state index contributed by atoms with van der Waals surface area (Å²) in [5.74, 6) is 0.427. The monoisotopic (exact) mass is 870 g/mol. The van der Waals surface area contributed by atoms with Gasteiger partial charge in [-0.3, -0.25) is 39.3 Å². The molecule has 15 nitrogen and oxygen atoms in total. The molecule has 5 aliphatic rings. The second-order valence-electron chi connectivity index (χ2n) is 17.5. The van der Waals surface area contributed by atoms with Crippen molar-refractivity contribution in [3.05, 3.63) is 101 Å². The Kier molecular flexibility index (Phi) is 14.8. The van der Waals surface area contributed by atoms with Gasteiger partial charge in [0.15, 0.2) is 5.82 Å². The van der Waals surface area contributed by atoms with E-state index < -0.39 is 6.04 Å². The minimum atomic E-state index is -0.405. The van der Waals surface area contributed by atoms with Crippen LogP contribution >= 0.6 is 0 Å². The van der Waals surface area contributed by atoms with Gasteiger partial charge in [-0.1, -0.05) is 31.2 Å². The van der Waals surface area contributed by atoms with Crippen LogP contribution in [0.15, 0.2) is 89.0 Å². The summed E-state index contributed by atoms with van der Waals surface area (Å²) in [5.41, 5.74) is 11.9. The SMILES string of the molecule is C=CCNC(=O)/C(=C/N=C)C(=Nc1ccc2c(n1)C(CC)CC2)Nc1ccc(N2CCN(C3CC4(C3)CN(c3cccc(C=O)c3CN(C)C3CCC(=O)NC3=O)C4)CC2)cc1.CN. The van der Waals surface area contributed by atoms with Crippen molar-refractivity contribution in [1.29, 1.82) is 0 Å². The maximum absolute atomic E-state index is 13.3. The van der Waals surface area contributed by atoms with Crippen LogP contribution in [0.3, 0.4) is 0 Å². The first-order chi connectivity index (χ1) is 31.1. The Bertz CT molecular complexity index is 2270. The van der Waals surface area contributed by atoms with Crippen LogP contribution in [0.25, 0.3) is 0 Å². The van der Waals surface area contributed by atoms with Gasteiger partial charge >= 0.3 is 0 Å². The molecule has 4 heterocycles. The van der Waals surface area contributed by atoms with Gasteiger partial charge in [0, 0.05) is 111 Å². The number of amides is 3. The molecule has 15 heteroatoms. The molecule has 1 saturated carbocycles. The summed E-state index contributed by atoms with van der Waals surface area (Å²) in [6.45, 7) is 16.0. The van der Waals surface area contributed by atoms with Gasteiger partial charge in [0.25, 0.3) is 5.91 Å². The molecule has 3 aromatic rings. The zero-order chi connectivity index (χ0) is 45.4. The first-order valence-corrected chi connectivity index (χ1v) is 22.5. The van der Waals surface area contributed by atoms with E-state index in [1.807, 2.05) is 42.3 Å². The number of nitrogens with zero attached hydrogens (tertiary/aromatic N) is 7. The average molecular weight is 870 g/mol. The van der Waals surface area contributed by atoms with Crippen LogP contribution < -0.4 is 31.5 Å². The van der Waals surface area contributed by atoms with Gasteiger partial charge in [-0.2, -0.15) is 0 Å². The van der Waals surface area contributed by atoms with Gasteiger partial charge in [-0.15, -0.1) is 6.58 Å². The minimum absolute atomic E-state index is 0.232. The first kappa shape index (κ1) is 46.0. The highest BCUT2D eigenvalue weighted by Gasteiger charge is 2.54. The van der Waals surface area contributed by atoms with E-state index >= 15 is 0 Å². The Labute approximate surface area is 377 Å². The molecule has 1 aromatic heterocycles. The Balaban J connectivity index is 0.00000302. The number of benzene rings is 2. The van der Waals surface area contributed by atoms with Gasteiger partial charge in [-0.05, 0) is 107 Å². The molecular weight excluding hydrogens is 807 g/mol. The number of piperazine rings is 1. The van der Waals surface area contributed by atoms with Crippen molar-refractivity contribution in [3.8, 4) is 0 Å². The molecule has 3 saturated heterocycles. The van der Waals surface area contributed by atoms with Gasteiger partial charge in [-0.25, -0.2) is 9.98 Å². The van der Waals surface area contributed by atoms with Crippen molar-refractivity contribution in [2.75, 3.05) is 75.0 Å². The number of aliphatic imine (C=N–C) groups is 2. The number of nitrogens with one attached hydrogen (secondary N) is 3. The highest BCUT2D eigenvalue weighted by atomic mass is 16.2. The van der Waals surface area contributed by atoms with E-state index in [1.165, 1.54) is 18.8 Å². The van der Waals surface area contributed by atoms with Gasteiger partial charge < -0.3 is 26.2 Å². The summed E-state index contributed by atoms with van der Waals surface area (Å²) in [6.07, 6.45) is 10.2. The molecule has 3 aliphatic heterocycles. The number of carbonyl (C=O) groups excluding carboxylic acids is 4. The lowest BCUT2D eigenvalue weighted by atomic mass is 9.60. The molecule has 5 N–H and O–H groups in total. The molecule has 64 heavy (non-hydrogen) atoms. The molecular formula is C49H63N11O4. The number of aldehydes is 1. The number of likely N-dealkylation sites (N-methyl/N-ethyl adjacent to an activating group) is 1. The molecule has 1 spiro atoms. The lowest BCUT2D eigenvalue weighted by Gasteiger charge is -2.62. The van der Waals surface area contributed by atoms with E-state index in [1.54, 1.807) is 6.08 Å². The molecule has 8 rings (SSSR count). The van der Waals surface area contributed by atoms with Crippen molar-refractivity contribution < 1.29 is 19.2 Å². The number of piperidine rings is 1. The molecule has 338 valence electrons. The lowest BCUT2D eigenvalue weighted by Crippen LogP contribution is -2.68. The summed E-state index contributed by atoms with van der Waals surface area (Å²) in [6, 6.07) is 18.3. The summed E-state index contributed by atoms with van der Waals surface area (Å²) < 4.78 is 0. The van der Waals surface area contributed by atoms with Crippen molar-refractivity contribution in [2.45, 2.75) is 76.4 Å². The number of carbonyl (C=O) groups is 4. The molecule has 2 aliphatic carbocycles. The largest absolute Gasteiger partial charge is 0.370 e. The number of pyridine rings is 1. The predicted octanol–water partition coefficient (Wildman–Crippen LogP) is 4.97. The summed E-state index contributed by atoms with van der Waals surface area (Å²) in [7, 11) is 3.39. The molecule has 2 atom stereocenters. The maximum atomic E-state index is 13.3. The van der Waals surface area contributed by atoms with E-state index in [9.17, 15) is 19.2 Å². The molecule has 0 bridgehead atoms. The fraction of sp³-hybridized carbons (Fsp3) is 0.449. The number of rotatable bonds is 15. The van der Waals surface area contributed by atoms with Gasteiger partial charge in [0.1, 0.15) is 17.7 Å². The zero-order valence-electron chi connectivity index (χ0n) is 37.5. The Hall–Kier alpha value is -6.03. The Morgan fingerprint density at radius 2 is 1.77 bits per heavy atom. The summed E-state index contributed by atoms with van der Waals surface area (Å²) in [4.78, 5) is 72.9. The fourth-order valence-corrected chi connectivity index (χ4v) is 10.1. The van der Waals surface area contributed by atoms with E-state index in [2.05, 4.69) is 85.9 Å². The second-order valence-corrected chi connectivity index (χ2v) is 17.5. The van der Waals surface area contributed by atoms with Crippen molar-refractivity contribution >= 4 is 59.4 Å². The zero-order valence-corrected chi connectivity index (χ0v) is 37.5. The van der Waals surface area contributed by atoms with E-state index in [0.29, 0.717) is 55.1 Å². The molecule has 0 radical (unpaired) electrons. The number of hydrogen-bond donors (Lipinski definition) is 4. The Morgan fingerprint density at radius 1 is 1.02 bits per heavy atom. The third-order valence-corrected chi connectivity index (χ3v) is 13.5. The number of aromatic nitrogens is 1. The minimum Gasteiger partial charge on any atom is -0.370 e. The van der Waals surface area contributed by atoms with Crippen LogP contribution in [0.2, 0.25) is 0 Å². The normalized spacial score (nSPS) is 21.0. The third kappa shape index (κ3) is 10.0. The number of imide groups is 1. The summed E-state index contributed by atoms with van der Waals surface area (Å²) >= 11 is 0. The first-order valence-electron chi connectivity index (χ1n) is 22.5. The van der Waals surface area contributed by atoms with Crippen LogP contribution in [0.5, 0.6) is 0 Å². The van der Waals surface area contributed by atoms with Crippen molar-refractivity contribution in [3.63, 3.8) is 0 Å². The molecule has 2 aromatic carbocycles. The number of hydrogen-bond acceptors (Lipinski definition) is 12. The summed E-state index contributed by atoms with van der Waals surface area (Å²) in [5, 5.41) is 8.69. The fourth-order valence-electron chi connectivity index (χ4n) is 10.1. The quantitative estimate of drug-likeness (QED) is 0.0405. The molecule has 2 unspecified atom stereocenters. The predicted molar refractivity (Wildman–Crippen MR) is 255 cm³/mol. The molecule has 3 amide bonds. The van der Waals surface area contributed by atoms with Crippen LogP contribution in [-0.4, -0.2) is 123 Å². The highest BCUT2D eigenvalue weighted by Crippen LogP contribution is 2.52. The van der Waals surface area contributed by atoms with Crippen LogP contribution in [0, 0.1) is 5.41 Å². The van der Waals surface area contributed by atoms with Crippen LogP contribution in [-0.2, 0) is 27.3 Å².